The van der Waals surface area contributed by atoms with Gasteiger partial charge in [-0.25, -0.2) is 0 Å². The SMILES string of the molecule is CC(=O)c1c(-c2ccccc2)noc1C. The van der Waals surface area contributed by atoms with Gasteiger partial charge in [-0.05, 0) is 13.8 Å². The molecule has 0 aliphatic heterocycles. The highest BCUT2D eigenvalue weighted by Crippen LogP contribution is 2.24. The van der Waals surface area contributed by atoms with Gasteiger partial charge >= 0.3 is 0 Å². The third-order valence-corrected chi connectivity index (χ3v) is 2.26. The minimum Gasteiger partial charge on any atom is -0.360 e. The molecule has 0 N–H and O–H groups in total. The van der Waals surface area contributed by atoms with Crippen molar-refractivity contribution in [2.75, 3.05) is 0 Å². The van der Waals surface area contributed by atoms with E-state index >= 15 is 0 Å². The first-order valence-electron chi connectivity index (χ1n) is 4.73. The number of Topliss-reactive ketones (excluding diaryl/α,β-unsaturated/α-hetero) is 1. The second-order valence-electron chi connectivity index (χ2n) is 3.38. The van der Waals surface area contributed by atoms with Crippen molar-refractivity contribution in [2.24, 2.45) is 0 Å². The minimum atomic E-state index is -0.0207. The Hall–Kier alpha value is -1.90. The van der Waals surface area contributed by atoms with Gasteiger partial charge in [0.25, 0.3) is 0 Å². The fourth-order valence-electron chi connectivity index (χ4n) is 1.58. The standard InChI is InChI=1S/C12H11NO2/c1-8(14)11-9(2)15-13-12(11)10-6-4-3-5-7-10/h3-7H,1-2H3. The van der Waals surface area contributed by atoms with E-state index in [1.54, 1.807) is 6.92 Å². The smallest absolute Gasteiger partial charge is 0.165 e. The number of rotatable bonds is 2. The number of benzene rings is 1. The second kappa shape index (κ2) is 3.69. The molecule has 0 spiro atoms. The summed E-state index contributed by atoms with van der Waals surface area (Å²) in [6, 6.07) is 9.55. The average molecular weight is 201 g/mol. The van der Waals surface area contributed by atoms with Crippen molar-refractivity contribution in [3.63, 3.8) is 0 Å². The van der Waals surface area contributed by atoms with Gasteiger partial charge < -0.3 is 4.52 Å². The van der Waals surface area contributed by atoms with E-state index in [0.717, 1.165) is 5.56 Å². The van der Waals surface area contributed by atoms with E-state index in [0.29, 0.717) is 17.0 Å². The predicted molar refractivity (Wildman–Crippen MR) is 56.7 cm³/mol. The Balaban J connectivity index is 2.59. The molecule has 1 aromatic carbocycles. The fraction of sp³-hybridized carbons (Fsp3) is 0.167. The fourth-order valence-corrected chi connectivity index (χ4v) is 1.58. The maximum Gasteiger partial charge on any atom is 0.165 e. The van der Waals surface area contributed by atoms with E-state index in [1.807, 2.05) is 30.3 Å². The molecule has 0 aliphatic rings. The third kappa shape index (κ3) is 1.68. The van der Waals surface area contributed by atoms with Crippen LogP contribution in [0.25, 0.3) is 11.3 Å². The monoisotopic (exact) mass is 201 g/mol. The van der Waals surface area contributed by atoms with Gasteiger partial charge in [-0.3, -0.25) is 4.79 Å². The largest absolute Gasteiger partial charge is 0.360 e. The van der Waals surface area contributed by atoms with Crippen LogP contribution in [0.3, 0.4) is 0 Å². The zero-order valence-electron chi connectivity index (χ0n) is 8.65. The van der Waals surface area contributed by atoms with Crippen molar-refractivity contribution in [1.82, 2.24) is 5.16 Å². The summed E-state index contributed by atoms with van der Waals surface area (Å²) in [5, 5.41) is 3.91. The Kier molecular flexibility index (Phi) is 2.37. The predicted octanol–water partition coefficient (Wildman–Crippen LogP) is 2.85. The number of carbonyl (C=O) groups excluding carboxylic acids is 1. The molecule has 3 heteroatoms. The molecule has 0 fully saturated rings. The van der Waals surface area contributed by atoms with Crippen LogP contribution < -0.4 is 0 Å². The Bertz CT molecular complexity index is 486. The van der Waals surface area contributed by atoms with Crippen LogP contribution in [0.2, 0.25) is 0 Å². The first-order valence-corrected chi connectivity index (χ1v) is 4.73. The van der Waals surface area contributed by atoms with Crippen molar-refractivity contribution >= 4 is 5.78 Å². The summed E-state index contributed by atoms with van der Waals surface area (Å²) in [4.78, 5) is 11.4. The van der Waals surface area contributed by atoms with Gasteiger partial charge in [-0.15, -0.1) is 0 Å². The van der Waals surface area contributed by atoms with Crippen LogP contribution in [-0.2, 0) is 0 Å². The number of nitrogens with zero attached hydrogens (tertiary/aromatic N) is 1. The quantitative estimate of drug-likeness (QED) is 0.701. The van der Waals surface area contributed by atoms with Gasteiger partial charge in [0.05, 0.1) is 5.56 Å². The summed E-state index contributed by atoms with van der Waals surface area (Å²) in [5.41, 5.74) is 2.10. The second-order valence-corrected chi connectivity index (χ2v) is 3.38. The number of carbonyl (C=O) groups is 1. The lowest BCUT2D eigenvalue weighted by Crippen LogP contribution is -1.95. The first-order chi connectivity index (χ1) is 7.20. The van der Waals surface area contributed by atoms with Crippen LogP contribution >= 0.6 is 0 Å². The molecule has 15 heavy (non-hydrogen) atoms. The van der Waals surface area contributed by atoms with E-state index in [2.05, 4.69) is 5.16 Å². The zero-order valence-corrected chi connectivity index (χ0v) is 8.65. The van der Waals surface area contributed by atoms with E-state index in [-0.39, 0.29) is 5.78 Å². The molecule has 0 aliphatic carbocycles. The topological polar surface area (TPSA) is 43.1 Å². The van der Waals surface area contributed by atoms with Gasteiger partial charge in [-0.1, -0.05) is 35.5 Å². The lowest BCUT2D eigenvalue weighted by molar-refractivity contribution is 0.101. The van der Waals surface area contributed by atoms with Crippen LogP contribution in [0.1, 0.15) is 23.0 Å². The van der Waals surface area contributed by atoms with Crippen LogP contribution in [0, 0.1) is 6.92 Å². The van der Waals surface area contributed by atoms with E-state index in [4.69, 9.17) is 4.52 Å². The van der Waals surface area contributed by atoms with E-state index in [9.17, 15) is 4.79 Å². The number of aromatic nitrogens is 1. The molecule has 1 aromatic heterocycles. The molecule has 2 aromatic rings. The van der Waals surface area contributed by atoms with Gasteiger partial charge in [0.2, 0.25) is 0 Å². The molecule has 0 saturated heterocycles. The molecule has 0 atom stereocenters. The molecule has 0 amide bonds. The normalized spacial score (nSPS) is 10.3. The van der Waals surface area contributed by atoms with Crippen molar-refractivity contribution in [2.45, 2.75) is 13.8 Å². The highest BCUT2D eigenvalue weighted by molar-refractivity contribution is 6.00. The molecular formula is C12H11NO2. The Morgan fingerprint density at radius 2 is 1.93 bits per heavy atom. The van der Waals surface area contributed by atoms with E-state index in [1.165, 1.54) is 6.92 Å². The third-order valence-electron chi connectivity index (χ3n) is 2.26. The van der Waals surface area contributed by atoms with Crippen molar-refractivity contribution in [1.29, 1.82) is 0 Å². The maximum atomic E-state index is 11.4. The van der Waals surface area contributed by atoms with Crippen molar-refractivity contribution in [3.05, 3.63) is 41.7 Å². The molecule has 1 heterocycles. The average Bonchev–Trinajstić information content (AvgIpc) is 2.61. The minimum absolute atomic E-state index is 0.0207. The molecule has 0 unspecified atom stereocenters. The summed E-state index contributed by atoms with van der Waals surface area (Å²) in [5.74, 6) is 0.550. The van der Waals surface area contributed by atoms with Gasteiger partial charge in [0, 0.05) is 5.56 Å². The van der Waals surface area contributed by atoms with Crippen molar-refractivity contribution in [3.8, 4) is 11.3 Å². The molecule has 3 nitrogen and oxygen atoms in total. The molecule has 0 bridgehead atoms. The van der Waals surface area contributed by atoms with Gasteiger partial charge in [0.15, 0.2) is 5.78 Å². The summed E-state index contributed by atoms with van der Waals surface area (Å²) < 4.78 is 5.04. The first kappa shape index (κ1) is 9.65. The molecule has 0 saturated carbocycles. The Morgan fingerprint density at radius 3 is 2.53 bits per heavy atom. The zero-order chi connectivity index (χ0) is 10.8. The van der Waals surface area contributed by atoms with Crippen LogP contribution in [-0.4, -0.2) is 10.9 Å². The van der Waals surface area contributed by atoms with Crippen LogP contribution in [0.4, 0.5) is 0 Å². The van der Waals surface area contributed by atoms with Crippen LogP contribution in [0.15, 0.2) is 34.9 Å². The van der Waals surface area contributed by atoms with Crippen molar-refractivity contribution < 1.29 is 9.32 Å². The summed E-state index contributed by atoms with van der Waals surface area (Å²) in [6.45, 7) is 3.27. The highest BCUT2D eigenvalue weighted by Gasteiger charge is 2.17. The number of hydrogen-bond acceptors (Lipinski definition) is 3. The lowest BCUT2D eigenvalue weighted by Gasteiger charge is -1.97. The lowest BCUT2D eigenvalue weighted by atomic mass is 10.0. The number of hydrogen-bond donors (Lipinski definition) is 0. The number of aryl methyl sites for hydroxylation is 1. The molecular weight excluding hydrogens is 190 g/mol. The molecule has 2 rings (SSSR count). The maximum absolute atomic E-state index is 11.4. The summed E-state index contributed by atoms with van der Waals surface area (Å²) in [6.07, 6.45) is 0. The van der Waals surface area contributed by atoms with Crippen LogP contribution in [0.5, 0.6) is 0 Å². The summed E-state index contributed by atoms with van der Waals surface area (Å²) >= 11 is 0. The van der Waals surface area contributed by atoms with Gasteiger partial charge in [-0.2, -0.15) is 0 Å². The molecule has 0 radical (unpaired) electrons. The summed E-state index contributed by atoms with van der Waals surface area (Å²) in [7, 11) is 0. The molecule has 76 valence electrons. The number of ketones is 1. The Morgan fingerprint density at radius 1 is 1.27 bits per heavy atom. The Labute approximate surface area is 87.7 Å². The van der Waals surface area contributed by atoms with Gasteiger partial charge in [0.1, 0.15) is 11.5 Å². The highest BCUT2D eigenvalue weighted by atomic mass is 16.5. The van der Waals surface area contributed by atoms with E-state index < -0.39 is 0 Å².